The standard InChI is InChI=1S/C5H12NO5P.ClH/c1-4(5(7)8)6-2-3-12(9,10)11;/h4,6H,2-3H2,1H3,(H,7,8)(H2,9,10,11);1H/t4-;/m0./s1. The first kappa shape index (κ1) is 15.3. The van der Waals surface area contributed by atoms with Gasteiger partial charge in [0.2, 0.25) is 0 Å². The van der Waals surface area contributed by atoms with Crippen LogP contribution in [0.25, 0.3) is 0 Å². The molecule has 0 aliphatic rings. The minimum absolute atomic E-state index is 0. The summed E-state index contributed by atoms with van der Waals surface area (Å²) in [6.45, 7) is 1.40. The fraction of sp³-hybridized carbons (Fsp3) is 0.800. The fourth-order valence-corrected chi connectivity index (χ4v) is 0.934. The van der Waals surface area contributed by atoms with E-state index in [1.54, 1.807) is 0 Å². The van der Waals surface area contributed by atoms with Crippen LogP contribution in [0, 0.1) is 0 Å². The van der Waals surface area contributed by atoms with Gasteiger partial charge in [-0.3, -0.25) is 9.36 Å². The van der Waals surface area contributed by atoms with Crippen molar-refractivity contribution in [3.8, 4) is 0 Å². The maximum absolute atomic E-state index is 10.3. The molecule has 0 unspecified atom stereocenters. The van der Waals surface area contributed by atoms with Crippen molar-refractivity contribution in [3.05, 3.63) is 0 Å². The van der Waals surface area contributed by atoms with Crippen molar-refractivity contribution in [2.75, 3.05) is 12.7 Å². The van der Waals surface area contributed by atoms with Crippen LogP contribution in [0.15, 0.2) is 0 Å². The Balaban J connectivity index is 0. The summed E-state index contributed by atoms with van der Waals surface area (Å²) < 4.78 is 10.3. The Morgan fingerprint density at radius 1 is 1.54 bits per heavy atom. The van der Waals surface area contributed by atoms with Crippen LogP contribution in [0.5, 0.6) is 0 Å². The molecule has 0 saturated carbocycles. The van der Waals surface area contributed by atoms with Crippen LogP contribution in [0.3, 0.4) is 0 Å². The maximum atomic E-state index is 10.3. The van der Waals surface area contributed by atoms with Crippen molar-refractivity contribution in [1.82, 2.24) is 5.32 Å². The van der Waals surface area contributed by atoms with Gasteiger partial charge in [0, 0.05) is 6.54 Å². The van der Waals surface area contributed by atoms with Gasteiger partial charge < -0.3 is 20.2 Å². The van der Waals surface area contributed by atoms with Crippen LogP contribution in [0.4, 0.5) is 0 Å². The van der Waals surface area contributed by atoms with E-state index in [0.29, 0.717) is 0 Å². The second-order valence-electron chi connectivity index (χ2n) is 2.40. The summed E-state index contributed by atoms with van der Waals surface area (Å²) in [4.78, 5) is 27.0. The van der Waals surface area contributed by atoms with E-state index in [4.69, 9.17) is 14.9 Å². The molecule has 0 aromatic carbocycles. The van der Waals surface area contributed by atoms with Crippen LogP contribution in [-0.2, 0) is 9.36 Å². The first-order valence-corrected chi connectivity index (χ1v) is 5.13. The van der Waals surface area contributed by atoms with Crippen LogP contribution >= 0.6 is 20.0 Å². The van der Waals surface area contributed by atoms with Gasteiger partial charge in [0.15, 0.2) is 0 Å². The zero-order valence-corrected chi connectivity index (χ0v) is 8.72. The lowest BCUT2D eigenvalue weighted by Crippen LogP contribution is -2.35. The minimum atomic E-state index is -4.01. The number of halogens is 1. The summed E-state index contributed by atoms with van der Waals surface area (Å²) in [5.41, 5.74) is 0. The lowest BCUT2D eigenvalue weighted by Gasteiger charge is -2.08. The van der Waals surface area contributed by atoms with Gasteiger partial charge in [-0.1, -0.05) is 0 Å². The van der Waals surface area contributed by atoms with Gasteiger partial charge in [0.25, 0.3) is 0 Å². The van der Waals surface area contributed by atoms with E-state index < -0.39 is 19.6 Å². The monoisotopic (exact) mass is 233 g/mol. The number of aliphatic carboxylic acids is 1. The molecule has 0 heterocycles. The maximum Gasteiger partial charge on any atom is 0.326 e. The first-order valence-electron chi connectivity index (χ1n) is 3.33. The average Bonchev–Trinajstić information content (AvgIpc) is 1.84. The molecule has 0 aromatic rings. The third kappa shape index (κ3) is 9.79. The largest absolute Gasteiger partial charge is 0.480 e. The Kier molecular flexibility index (Phi) is 7.49. The van der Waals surface area contributed by atoms with Gasteiger partial charge in [-0.25, -0.2) is 0 Å². The second-order valence-corrected chi connectivity index (χ2v) is 4.18. The summed E-state index contributed by atoms with van der Waals surface area (Å²) >= 11 is 0. The molecule has 0 aromatic heterocycles. The Hall–Kier alpha value is -0.130. The van der Waals surface area contributed by atoms with E-state index in [2.05, 4.69) is 5.32 Å². The predicted octanol–water partition coefficient (Wildman–Crippen LogP) is -0.351. The van der Waals surface area contributed by atoms with Gasteiger partial charge in [0.05, 0.1) is 6.16 Å². The van der Waals surface area contributed by atoms with Crippen molar-refractivity contribution in [1.29, 1.82) is 0 Å². The molecular weight excluding hydrogens is 220 g/mol. The summed E-state index contributed by atoms with van der Waals surface area (Å²) in [5, 5.41) is 10.8. The fourth-order valence-electron chi connectivity index (χ4n) is 0.514. The second kappa shape index (κ2) is 6.34. The van der Waals surface area contributed by atoms with E-state index in [1.807, 2.05) is 0 Å². The normalized spacial score (nSPS) is 13.2. The summed E-state index contributed by atoms with van der Waals surface area (Å²) in [7, 11) is -4.01. The van der Waals surface area contributed by atoms with Gasteiger partial charge in [-0.2, -0.15) is 0 Å². The molecule has 0 spiro atoms. The van der Waals surface area contributed by atoms with Crippen LogP contribution in [-0.4, -0.2) is 39.6 Å². The molecule has 80 valence electrons. The molecule has 0 bridgehead atoms. The Morgan fingerprint density at radius 3 is 2.31 bits per heavy atom. The van der Waals surface area contributed by atoms with Crippen molar-refractivity contribution in [3.63, 3.8) is 0 Å². The number of carboxylic acid groups (broad SMARTS) is 1. The van der Waals surface area contributed by atoms with E-state index >= 15 is 0 Å². The molecule has 6 nitrogen and oxygen atoms in total. The summed E-state index contributed by atoms with van der Waals surface area (Å²) in [6, 6.07) is -0.781. The molecule has 0 amide bonds. The first-order chi connectivity index (χ1) is 5.33. The van der Waals surface area contributed by atoms with E-state index in [-0.39, 0.29) is 25.1 Å². The molecule has 0 radical (unpaired) electrons. The number of nitrogens with one attached hydrogen (secondary N) is 1. The van der Waals surface area contributed by atoms with Crippen LogP contribution in [0.2, 0.25) is 0 Å². The average molecular weight is 234 g/mol. The van der Waals surface area contributed by atoms with Gasteiger partial charge in [0.1, 0.15) is 6.04 Å². The third-order valence-electron chi connectivity index (χ3n) is 1.22. The molecule has 0 saturated heterocycles. The van der Waals surface area contributed by atoms with Crippen molar-refractivity contribution >= 4 is 26.0 Å². The summed E-state index contributed by atoms with van der Waals surface area (Å²) in [5.74, 6) is -1.04. The quantitative estimate of drug-likeness (QED) is 0.484. The SMILES string of the molecule is C[C@H](NCCP(=O)(O)O)C(=O)O.Cl. The van der Waals surface area contributed by atoms with Crippen molar-refractivity contribution in [2.45, 2.75) is 13.0 Å². The van der Waals surface area contributed by atoms with Crippen molar-refractivity contribution in [2.24, 2.45) is 0 Å². The van der Waals surface area contributed by atoms with Crippen LogP contribution in [0.1, 0.15) is 6.92 Å². The molecular formula is C5H13ClNO5P. The number of carboxylic acids is 1. The zero-order valence-electron chi connectivity index (χ0n) is 7.01. The molecule has 13 heavy (non-hydrogen) atoms. The van der Waals surface area contributed by atoms with Crippen molar-refractivity contribution < 1.29 is 24.3 Å². The highest BCUT2D eigenvalue weighted by molar-refractivity contribution is 7.51. The molecule has 1 atom stereocenters. The third-order valence-corrected chi connectivity index (χ3v) is 2.03. The summed E-state index contributed by atoms with van der Waals surface area (Å²) in [6.07, 6.45) is -0.343. The molecule has 0 aliphatic carbocycles. The smallest absolute Gasteiger partial charge is 0.326 e. The highest BCUT2D eigenvalue weighted by atomic mass is 35.5. The number of carbonyl (C=O) groups is 1. The Bertz CT molecular complexity index is 205. The van der Waals surface area contributed by atoms with Gasteiger partial charge in [-0.05, 0) is 6.92 Å². The topological polar surface area (TPSA) is 107 Å². The lowest BCUT2D eigenvalue weighted by molar-refractivity contribution is -0.138. The Labute approximate surface area is 81.9 Å². The molecule has 0 aliphatic heterocycles. The van der Waals surface area contributed by atoms with Crippen LogP contribution < -0.4 is 5.32 Å². The number of hydrogen-bond acceptors (Lipinski definition) is 3. The highest BCUT2D eigenvalue weighted by Gasteiger charge is 2.14. The van der Waals surface area contributed by atoms with E-state index in [0.717, 1.165) is 0 Å². The number of hydrogen-bond donors (Lipinski definition) is 4. The van der Waals surface area contributed by atoms with Gasteiger partial charge >= 0.3 is 13.6 Å². The van der Waals surface area contributed by atoms with E-state index in [1.165, 1.54) is 6.92 Å². The molecule has 4 N–H and O–H groups in total. The lowest BCUT2D eigenvalue weighted by atomic mass is 10.3. The van der Waals surface area contributed by atoms with Gasteiger partial charge in [-0.15, -0.1) is 12.4 Å². The highest BCUT2D eigenvalue weighted by Crippen LogP contribution is 2.32. The molecule has 0 fully saturated rings. The molecule has 0 rings (SSSR count). The zero-order chi connectivity index (χ0) is 9.78. The molecule has 8 heteroatoms. The Morgan fingerprint density at radius 2 is 2.00 bits per heavy atom. The number of rotatable bonds is 5. The van der Waals surface area contributed by atoms with E-state index in [9.17, 15) is 9.36 Å². The predicted molar refractivity (Wildman–Crippen MR) is 49.3 cm³/mol. The minimum Gasteiger partial charge on any atom is -0.480 e.